The third-order valence-electron chi connectivity index (χ3n) is 2.59. The Bertz CT molecular complexity index is 514. The Hall–Kier alpha value is -1.61. The topological polar surface area (TPSA) is 22.1 Å². The Morgan fingerprint density at radius 1 is 1.28 bits per heavy atom. The van der Waals surface area contributed by atoms with E-state index in [0.717, 1.165) is 22.7 Å². The molecule has 94 valence electrons. The summed E-state index contributed by atoms with van der Waals surface area (Å²) in [6.07, 6.45) is 6.97. The number of rotatable bonds is 5. The molecule has 2 nitrogen and oxygen atoms in total. The van der Waals surface area contributed by atoms with Crippen LogP contribution in [0.1, 0.15) is 18.7 Å². The number of thiazole rings is 1. The van der Waals surface area contributed by atoms with Crippen LogP contribution in [0.2, 0.25) is 0 Å². The fraction of sp³-hybridized carbons (Fsp3) is 0.267. The molecule has 0 unspecified atom stereocenters. The molecule has 0 bridgehead atoms. The first-order valence-corrected chi connectivity index (χ1v) is 6.94. The van der Waals surface area contributed by atoms with Gasteiger partial charge < -0.3 is 4.74 Å². The van der Waals surface area contributed by atoms with Gasteiger partial charge in [-0.3, -0.25) is 0 Å². The number of ether oxygens (including phenoxy) is 1. The van der Waals surface area contributed by atoms with Crippen LogP contribution in [0.25, 0.3) is 10.6 Å². The molecular formula is C15H17NOS. The van der Waals surface area contributed by atoms with Gasteiger partial charge in [0.1, 0.15) is 17.4 Å². The molecule has 0 N–H and O–H groups in total. The highest BCUT2D eigenvalue weighted by Gasteiger charge is 2.03. The standard InChI is InChI=1S/C15H17NOS/c1-3-5-10-17-13-8-6-12(7-9-13)15-16-11-14(4-2)18-15/h3,5-9,11H,4,10H2,1-2H3. The lowest BCUT2D eigenvalue weighted by atomic mass is 10.2. The van der Waals surface area contributed by atoms with E-state index in [1.54, 1.807) is 11.3 Å². The third-order valence-corrected chi connectivity index (χ3v) is 3.78. The van der Waals surface area contributed by atoms with Gasteiger partial charge in [0.25, 0.3) is 0 Å². The fourth-order valence-corrected chi connectivity index (χ4v) is 2.40. The van der Waals surface area contributed by atoms with Crippen LogP contribution in [-0.2, 0) is 6.42 Å². The van der Waals surface area contributed by atoms with Crippen LogP contribution in [0.4, 0.5) is 0 Å². The number of allylic oxidation sites excluding steroid dienone is 1. The molecule has 0 aliphatic heterocycles. The average Bonchev–Trinajstić information content (AvgIpc) is 2.89. The van der Waals surface area contributed by atoms with Gasteiger partial charge in [-0.1, -0.05) is 19.1 Å². The Morgan fingerprint density at radius 2 is 2.06 bits per heavy atom. The van der Waals surface area contributed by atoms with Crippen LogP contribution in [-0.4, -0.2) is 11.6 Å². The number of nitrogens with zero attached hydrogens (tertiary/aromatic N) is 1. The molecule has 1 aromatic carbocycles. The summed E-state index contributed by atoms with van der Waals surface area (Å²) in [5, 5.41) is 1.08. The maximum absolute atomic E-state index is 5.56. The molecule has 0 amide bonds. The quantitative estimate of drug-likeness (QED) is 0.746. The zero-order valence-corrected chi connectivity index (χ0v) is 11.5. The monoisotopic (exact) mass is 259 g/mol. The van der Waals surface area contributed by atoms with Gasteiger partial charge in [-0.15, -0.1) is 11.3 Å². The number of hydrogen-bond donors (Lipinski definition) is 0. The second-order valence-electron chi connectivity index (χ2n) is 3.89. The normalized spacial score (nSPS) is 11.0. The summed E-state index contributed by atoms with van der Waals surface area (Å²) in [7, 11) is 0. The maximum Gasteiger partial charge on any atom is 0.123 e. The Balaban J connectivity index is 2.07. The highest BCUT2D eigenvalue weighted by molar-refractivity contribution is 7.15. The van der Waals surface area contributed by atoms with Crippen molar-refractivity contribution < 1.29 is 4.74 Å². The largest absolute Gasteiger partial charge is 0.490 e. The van der Waals surface area contributed by atoms with Crippen molar-refractivity contribution in [3.05, 3.63) is 47.5 Å². The predicted octanol–water partition coefficient (Wildman–Crippen LogP) is 4.33. The molecule has 0 fully saturated rings. The Labute approximate surface area is 112 Å². The zero-order chi connectivity index (χ0) is 12.8. The van der Waals surface area contributed by atoms with E-state index >= 15 is 0 Å². The molecule has 2 rings (SSSR count). The summed E-state index contributed by atoms with van der Waals surface area (Å²) >= 11 is 1.75. The van der Waals surface area contributed by atoms with E-state index in [4.69, 9.17) is 4.74 Å². The van der Waals surface area contributed by atoms with Gasteiger partial charge in [0.2, 0.25) is 0 Å². The van der Waals surface area contributed by atoms with Crippen molar-refractivity contribution in [1.82, 2.24) is 4.98 Å². The second-order valence-corrected chi connectivity index (χ2v) is 5.00. The molecule has 0 radical (unpaired) electrons. The highest BCUT2D eigenvalue weighted by atomic mass is 32.1. The molecule has 0 spiro atoms. The smallest absolute Gasteiger partial charge is 0.123 e. The van der Waals surface area contributed by atoms with E-state index in [2.05, 4.69) is 24.0 Å². The van der Waals surface area contributed by atoms with Crippen molar-refractivity contribution in [3.8, 4) is 16.3 Å². The van der Waals surface area contributed by atoms with Gasteiger partial charge in [0.15, 0.2) is 0 Å². The van der Waals surface area contributed by atoms with Gasteiger partial charge in [0.05, 0.1) is 0 Å². The predicted molar refractivity (Wildman–Crippen MR) is 77.2 cm³/mol. The zero-order valence-electron chi connectivity index (χ0n) is 10.7. The molecule has 2 aromatic rings. The number of aryl methyl sites for hydroxylation is 1. The van der Waals surface area contributed by atoms with Crippen LogP contribution in [0.3, 0.4) is 0 Å². The van der Waals surface area contributed by atoms with Crippen molar-refractivity contribution in [2.45, 2.75) is 20.3 Å². The Kier molecular flexibility index (Phi) is 4.53. The molecule has 0 saturated heterocycles. The first-order chi connectivity index (χ1) is 8.83. The van der Waals surface area contributed by atoms with Crippen molar-refractivity contribution in [1.29, 1.82) is 0 Å². The molecule has 0 aliphatic rings. The lowest BCUT2D eigenvalue weighted by molar-refractivity contribution is 0.363. The van der Waals surface area contributed by atoms with Crippen molar-refractivity contribution >= 4 is 11.3 Å². The maximum atomic E-state index is 5.56. The van der Waals surface area contributed by atoms with Crippen molar-refractivity contribution in [3.63, 3.8) is 0 Å². The van der Waals surface area contributed by atoms with Crippen LogP contribution in [0.15, 0.2) is 42.6 Å². The van der Waals surface area contributed by atoms with Gasteiger partial charge >= 0.3 is 0 Å². The first kappa shape index (κ1) is 12.8. The minimum atomic E-state index is 0.618. The van der Waals surface area contributed by atoms with E-state index in [0.29, 0.717) is 6.61 Å². The van der Waals surface area contributed by atoms with E-state index in [1.165, 1.54) is 4.88 Å². The van der Waals surface area contributed by atoms with Crippen LogP contribution < -0.4 is 4.74 Å². The first-order valence-electron chi connectivity index (χ1n) is 6.12. The fourth-order valence-electron chi connectivity index (χ4n) is 1.54. The van der Waals surface area contributed by atoms with E-state index in [-0.39, 0.29) is 0 Å². The minimum absolute atomic E-state index is 0.618. The molecule has 18 heavy (non-hydrogen) atoms. The lowest BCUT2D eigenvalue weighted by Crippen LogP contribution is -1.92. The van der Waals surface area contributed by atoms with Gasteiger partial charge in [-0.2, -0.15) is 0 Å². The van der Waals surface area contributed by atoms with E-state index < -0.39 is 0 Å². The van der Waals surface area contributed by atoms with E-state index in [1.807, 2.05) is 37.4 Å². The molecule has 0 aliphatic carbocycles. The summed E-state index contributed by atoms with van der Waals surface area (Å²) in [5.41, 5.74) is 1.15. The van der Waals surface area contributed by atoms with Crippen LogP contribution in [0, 0.1) is 0 Å². The summed E-state index contributed by atoms with van der Waals surface area (Å²) < 4.78 is 5.56. The number of benzene rings is 1. The second kappa shape index (κ2) is 6.36. The average molecular weight is 259 g/mol. The lowest BCUT2D eigenvalue weighted by Gasteiger charge is -2.03. The van der Waals surface area contributed by atoms with Crippen molar-refractivity contribution in [2.75, 3.05) is 6.61 Å². The summed E-state index contributed by atoms with van der Waals surface area (Å²) in [4.78, 5) is 5.75. The summed E-state index contributed by atoms with van der Waals surface area (Å²) in [6.45, 7) is 4.75. The molecule has 1 aromatic heterocycles. The minimum Gasteiger partial charge on any atom is -0.490 e. The molecular weight excluding hydrogens is 242 g/mol. The van der Waals surface area contributed by atoms with Crippen LogP contribution in [0.5, 0.6) is 5.75 Å². The molecule has 0 saturated carbocycles. The van der Waals surface area contributed by atoms with Gasteiger partial charge in [0, 0.05) is 16.6 Å². The van der Waals surface area contributed by atoms with Gasteiger partial charge in [-0.05, 0) is 37.6 Å². The highest BCUT2D eigenvalue weighted by Crippen LogP contribution is 2.26. The van der Waals surface area contributed by atoms with E-state index in [9.17, 15) is 0 Å². The molecule has 3 heteroatoms. The molecule has 1 heterocycles. The number of aromatic nitrogens is 1. The Morgan fingerprint density at radius 3 is 2.67 bits per heavy atom. The van der Waals surface area contributed by atoms with Crippen LogP contribution >= 0.6 is 11.3 Å². The molecule has 0 atom stereocenters. The summed E-state index contributed by atoms with van der Waals surface area (Å²) in [5.74, 6) is 0.893. The summed E-state index contributed by atoms with van der Waals surface area (Å²) in [6, 6.07) is 8.10. The SMILES string of the molecule is CC=CCOc1ccc(-c2ncc(CC)s2)cc1. The van der Waals surface area contributed by atoms with Crippen molar-refractivity contribution in [2.24, 2.45) is 0 Å². The number of hydrogen-bond acceptors (Lipinski definition) is 3. The third kappa shape index (κ3) is 3.20. The van der Waals surface area contributed by atoms with Gasteiger partial charge in [-0.25, -0.2) is 4.98 Å².